The van der Waals surface area contributed by atoms with Crippen LogP contribution in [0.4, 0.5) is 0 Å². The van der Waals surface area contributed by atoms with Crippen molar-refractivity contribution in [2.45, 2.75) is 24.8 Å². The van der Waals surface area contributed by atoms with Crippen LogP contribution in [0.1, 0.15) is 34.6 Å². The molecule has 1 saturated heterocycles. The van der Waals surface area contributed by atoms with Gasteiger partial charge in [-0.1, -0.05) is 6.07 Å². The first-order chi connectivity index (χ1) is 13.6. The third-order valence-corrected chi connectivity index (χ3v) is 6.31. The number of nitrogens with zero attached hydrogens (tertiary/aromatic N) is 5. The largest absolute Gasteiger partial charge is 0.348 e. The van der Waals surface area contributed by atoms with E-state index in [0.717, 1.165) is 31.5 Å². The Labute approximate surface area is 161 Å². The lowest BCUT2D eigenvalue weighted by molar-refractivity contribution is 0.0224. The summed E-state index contributed by atoms with van der Waals surface area (Å²) < 4.78 is 1.42. The Bertz CT molecular complexity index is 1110. The monoisotopic (exact) mass is 378 g/mol. The van der Waals surface area contributed by atoms with Gasteiger partial charge in [0.2, 0.25) is 0 Å². The average molecular weight is 378 g/mol. The molecular formula is C20H22N6O2. The molecule has 2 aliphatic rings. The molecule has 28 heavy (non-hydrogen) atoms. The van der Waals surface area contributed by atoms with Gasteiger partial charge in [0.1, 0.15) is 11.2 Å². The van der Waals surface area contributed by atoms with Crippen LogP contribution in [0, 0.1) is 0 Å². The molecule has 3 aromatic heterocycles. The first-order valence-electron chi connectivity index (χ1n) is 9.60. The fraction of sp³-hybridized carbons (Fsp3) is 0.400. The number of likely N-dealkylation sites (N-methyl/N-ethyl adjacent to an activating group) is 1. The van der Waals surface area contributed by atoms with Gasteiger partial charge in [0, 0.05) is 44.1 Å². The molecule has 0 unspecified atom stereocenters. The molecule has 1 fully saturated rings. The van der Waals surface area contributed by atoms with Gasteiger partial charge in [-0.2, -0.15) is 0 Å². The maximum Gasteiger partial charge on any atom is 0.270 e. The van der Waals surface area contributed by atoms with Crippen molar-refractivity contribution < 1.29 is 4.79 Å². The zero-order valence-corrected chi connectivity index (χ0v) is 15.8. The van der Waals surface area contributed by atoms with Gasteiger partial charge < -0.3 is 9.88 Å². The summed E-state index contributed by atoms with van der Waals surface area (Å²) in [5.41, 5.74) is 2.52. The molecule has 3 aromatic rings. The minimum absolute atomic E-state index is 0.122. The Morgan fingerprint density at radius 2 is 2.00 bits per heavy atom. The number of carbonyl (C=O) groups excluding carboxylic acids is 1. The molecule has 8 nitrogen and oxygen atoms in total. The fourth-order valence-corrected chi connectivity index (χ4v) is 4.63. The number of nitrogens with one attached hydrogen (secondary N) is 1. The van der Waals surface area contributed by atoms with Crippen molar-refractivity contribution >= 4 is 11.6 Å². The van der Waals surface area contributed by atoms with Crippen molar-refractivity contribution in [3.05, 3.63) is 64.2 Å². The molecule has 5 heterocycles. The number of H-pyrrole nitrogens is 1. The number of aromatic nitrogens is 4. The van der Waals surface area contributed by atoms with Gasteiger partial charge in [-0.15, -0.1) is 0 Å². The van der Waals surface area contributed by atoms with Crippen molar-refractivity contribution in [3.63, 3.8) is 0 Å². The van der Waals surface area contributed by atoms with Crippen LogP contribution in [0.15, 0.2) is 41.7 Å². The van der Waals surface area contributed by atoms with Crippen LogP contribution in [-0.2, 0) is 12.0 Å². The summed E-state index contributed by atoms with van der Waals surface area (Å²) in [6.07, 6.45) is 7.39. The number of likely N-dealkylation sites (tertiary alicyclic amines) is 1. The number of amides is 1. The number of fused-ring (bicyclic) bond motifs is 3. The highest BCUT2D eigenvalue weighted by molar-refractivity contribution is 5.93. The maximum atomic E-state index is 13.0. The number of rotatable bonds is 1. The molecule has 5 rings (SSSR count). The van der Waals surface area contributed by atoms with Gasteiger partial charge in [-0.3, -0.25) is 18.9 Å². The highest BCUT2D eigenvalue weighted by atomic mass is 16.2. The van der Waals surface area contributed by atoms with Crippen LogP contribution in [0.25, 0.3) is 5.65 Å². The molecule has 2 aliphatic heterocycles. The second kappa shape index (κ2) is 6.27. The Balaban J connectivity index is 1.42. The van der Waals surface area contributed by atoms with E-state index in [4.69, 9.17) is 0 Å². The first kappa shape index (κ1) is 17.1. The summed E-state index contributed by atoms with van der Waals surface area (Å²) in [7, 11) is 2.13. The maximum absolute atomic E-state index is 13.0. The van der Waals surface area contributed by atoms with Crippen molar-refractivity contribution in [1.29, 1.82) is 0 Å². The minimum atomic E-state index is -0.319. The summed E-state index contributed by atoms with van der Waals surface area (Å²) in [6, 6.07) is 5.33. The predicted molar refractivity (Wildman–Crippen MR) is 103 cm³/mol. The number of pyridine rings is 1. The summed E-state index contributed by atoms with van der Waals surface area (Å²) in [6.45, 7) is 2.15. The lowest BCUT2D eigenvalue weighted by Crippen LogP contribution is -2.56. The first-order valence-corrected chi connectivity index (χ1v) is 9.60. The van der Waals surface area contributed by atoms with E-state index in [1.165, 1.54) is 16.3 Å². The summed E-state index contributed by atoms with van der Waals surface area (Å²) in [5, 5.41) is 0. The molecule has 0 radical (unpaired) electrons. The fourth-order valence-electron chi connectivity index (χ4n) is 4.63. The number of hydrogen-bond donors (Lipinski definition) is 1. The van der Waals surface area contributed by atoms with Crippen LogP contribution in [0.2, 0.25) is 0 Å². The molecular weight excluding hydrogens is 356 g/mol. The van der Waals surface area contributed by atoms with Crippen LogP contribution in [-0.4, -0.2) is 61.7 Å². The average Bonchev–Trinajstić information content (AvgIpc) is 3.22. The third-order valence-electron chi connectivity index (χ3n) is 6.31. The predicted octanol–water partition coefficient (Wildman–Crippen LogP) is 1.04. The topological polar surface area (TPSA) is 86.6 Å². The van der Waals surface area contributed by atoms with E-state index in [2.05, 4.69) is 26.9 Å². The Kier molecular flexibility index (Phi) is 3.83. The van der Waals surface area contributed by atoms with Gasteiger partial charge in [-0.05, 0) is 32.0 Å². The zero-order valence-electron chi connectivity index (χ0n) is 15.8. The number of imidazole rings is 1. The second-order valence-corrected chi connectivity index (χ2v) is 7.63. The van der Waals surface area contributed by atoms with E-state index in [1.807, 2.05) is 6.07 Å². The number of aromatic amines is 1. The highest BCUT2D eigenvalue weighted by Gasteiger charge is 2.45. The van der Waals surface area contributed by atoms with E-state index in [-0.39, 0.29) is 22.6 Å². The van der Waals surface area contributed by atoms with Gasteiger partial charge in [0.05, 0.1) is 17.6 Å². The van der Waals surface area contributed by atoms with E-state index in [9.17, 15) is 9.59 Å². The molecule has 144 valence electrons. The number of hydrogen-bond acceptors (Lipinski definition) is 5. The Morgan fingerprint density at radius 3 is 2.82 bits per heavy atom. The number of carbonyl (C=O) groups is 1. The SMILES string of the molecule is CN1CCc2[nH]cnc2C12CCN(C(=O)c1cnc3ccccn3c1=O)CC2. The Morgan fingerprint density at radius 1 is 1.18 bits per heavy atom. The molecule has 1 N–H and O–H groups in total. The third kappa shape index (κ3) is 2.41. The Hall–Kier alpha value is -3.00. The van der Waals surface area contributed by atoms with Crippen molar-refractivity contribution in [2.75, 3.05) is 26.7 Å². The van der Waals surface area contributed by atoms with E-state index in [0.29, 0.717) is 18.7 Å². The van der Waals surface area contributed by atoms with Crippen LogP contribution >= 0.6 is 0 Å². The highest BCUT2D eigenvalue weighted by Crippen LogP contribution is 2.41. The zero-order chi connectivity index (χ0) is 19.3. The second-order valence-electron chi connectivity index (χ2n) is 7.63. The van der Waals surface area contributed by atoms with Crippen LogP contribution < -0.4 is 5.56 Å². The molecule has 1 amide bonds. The van der Waals surface area contributed by atoms with Crippen molar-refractivity contribution in [1.82, 2.24) is 29.2 Å². The molecule has 0 atom stereocenters. The van der Waals surface area contributed by atoms with Gasteiger partial charge >= 0.3 is 0 Å². The van der Waals surface area contributed by atoms with Crippen molar-refractivity contribution in [3.8, 4) is 0 Å². The molecule has 1 spiro atoms. The van der Waals surface area contributed by atoms with Gasteiger partial charge in [0.15, 0.2) is 0 Å². The summed E-state index contributed by atoms with van der Waals surface area (Å²) in [4.78, 5) is 42.1. The summed E-state index contributed by atoms with van der Waals surface area (Å²) in [5.74, 6) is -0.244. The molecule has 0 saturated carbocycles. The van der Waals surface area contributed by atoms with Crippen LogP contribution in [0.3, 0.4) is 0 Å². The van der Waals surface area contributed by atoms with Crippen molar-refractivity contribution in [2.24, 2.45) is 0 Å². The quantitative estimate of drug-likeness (QED) is 0.684. The molecule has 0 aromatic carbocycles. The molecule has 0 bridgehead atoms. The lowest BCUT2D eigenvalue weighted by Gasteiger charge is -2.49. The van der Waals surface area contributed by atoms with E-state index in [1.54, 1.807) is 29.6 Å². The lowest BCUT2D eigenvalue weighted by atomic mass is 9.79. The molecule has 8 heteroatoms. The molecule has 0 aliphatic carbocycles. The van der Waals surface area contributed by atoms with Gasteiger partial charge in [0.25, 0.3) is 11.5 Å². The standard InChI is InChI=1S/C20H22N6O2/c1-24-9-5-15-17(23-13-22-15)20(24)6-10-25(11-7-20)18(27)14-12-21-16-4-2-3-8-26(16)19(14)28/h2-4,8,12-13H,5-7,9-11H2,1H3,(H,22,23). The smallest absolute Gasteiger partial charge is 0.270 e. The van der Waals surface area contributed by atoms with E-state index < -0.39 is 0 Å². The summed E-state index contributed by atoms with van der Waals surface area (Å²) >= 11 is 0. The van der Waals surface area contributed by atoms with E-state index >= 15 is 0 Å². The van der Waals surface area contributed by atoms with Gasteiger partial charge in [-0.25, -0.2) is 9.97 Å². The normalized spacial score (nSPS) is 19.1. The minimum Gasteiger partial charge on any atom is -0.348 e. The van der Waals surface area contributed by atoms with Crippen LogP contribution in [0.5, 0.6) is 0 Å². The number of piperidine rings is 1.